The number of hydrogen-bond acceptors (Lipinski definition) is 3. The highest BCUT2D eigenvalue weighted by molar-refractivity contribution is 7.10. The molecule has 2 aromatic rings. The van der Waals surface area contributed by atoms with Gasteiger partial charge in [0.25, 0.3) is 5.91 Å². The van der Waals surface area contributed by atoms with E-state index in [4.69, 9.17) is 0 Å². The van der Waals surface area contributed by atoms with Crippen molar-refractivity contribution in [1.82, 2.24) is 4.90 Å². The third-order valence-corrected chi connectivity index (χ3v) is 5.44. The number of thiophene rings is 1. The van der Waals surface area contributed by atoms with Crippen molar-refractivity contribution in [1.29, 1.82) is 0 Å². The zero-order valence-electron chi connectivity index (χ0n) is 14.1. The Bertz CT molecular complexity index is 749. The van der Waals surface area contributed by atoms with Gasteiger partial charge in [0.1, 0.15) is 0 Å². The average molecular weight is 342 g/mol. The smallest absolute Gasteiger partial charge is 0.255 e. The van der Waals surface area contributed by atoms with Crippen LogP contribution in [0.1, 0.15) is 39.2 Å². The maximum atomic E-state index is 12.7. The molecular formula is C19H22N2O2S. The van der Waals surface area contributed by atoms with Crippen molar-refractivity contribution in [3.8, 4) is 0 Å². The molecule has 1 aromatic heterocycles. The number of carbonyl (C=O) groups is 2. The number of rotatable bonds is 4. The molecule has 0 saturated heterocycles. The van der Waals surface area contributed by atoms with Crippen molar-refractivity contribution in [2.75, 3.05) is 18.9 Å². The lowest BCUT2D eigenvalue weighted by molar-refractivity contribution is -0.116. The summed E-state index contributed by atoms with van der Waals surface area (Å²) in [5.41, 5.74) is 3.87. The molecule has 2 amide bonds. The van der Waals surface area contributed by atoms with Crippen molar-refractivity contribution < 1.29 is 9.59 Å². The summed E-state index contributed by atoms with van der Waals surface area (Å²) >= 11 is 1.67. The number of benzene rings is 1. The van der Waals surface area contributed by atoms with Crippen LogP contribution in [0.2, 0.25) is 0 Å². The summed E-state index contributed by atoms with van der Waals surface area (Å²) in [5, 5.41) is 4.78. The van der Waals surface area contributed by atoms with Gasteiger partial charge < -0.3 is 10.2 Å². The van der Waals surface area contributed by atoms with Gasteiger partial charge in [-0.05, 0) is 50.3 Å². The fourth-order valence-corrected chi connectivity index (χ4v) is 4.12. The molecule has 1 N–H and O–H groups in total. The maximum Gasteiger partial charge on any atom is 0.255 e. The van der Waals surface area contributed by atoms with Crippen LogP contribution in [0.5, 0.6) is 0 Å². The Balaban J connectivity index is 1.62. The molecule has 3 rings (SSSR count). The van der Waals surface area contributed by atoms with Crippen molar-refractivity contribution in [3.05, 3.63) is 51.2 Å². The van der Waals surface area contributed by atoms with Gasteiger partial charge in [-0.1, -0.05) is 17.7 Å². The molecule has 1 aromatic carbocycles. The molecule has 0 unspecified atom stereocenters. The predicted octanol–water partition coefficient (Wildman–Crippen LogP) is 3.65. The van der Waals surface area contributed by atoms with Gasteiger partial charge in [-0.15, -0.1) is 11.3 Å². The number of anilines is 1. The van der Waals surface area contributed by atoms with E-state index in [9.17, 15) is 9.59 Å². The lowest BCUT2D eigenvalue weighted by atomic mass is 9.95. The maximum absolute atomic E-state index is 12.7. The minimum atomic E-state index is -0.182. The molecule has 1 aliphatic rings. The minimum absolute atomic E-state index is 0.0529. The predicted molar refractivity (Wildman–Crippen MR) is 97.7 cm³/mol. The van der Waals surface area contributed by atoms with Crippen molar-refractivity contribution in [3.63, 3.8) is 0 Å². The van der Waals surface area contributed by atoms with E-state index in [1.807, 2.05) is 36.6 Å². The van der Waals surface area contributed by atoms with Gasteiger partial charge in [-0.2, -0.15) is 0 Å². The zero-order valence-corrected chi connectivity index (χ0v) is 14.9. The fourth-order valence-electron chi connectivity index (χ4n) is 3.00. The average Bonchev–Trinajstić information content (AvgIpc) is 3.00. The quantitative estimate of drug-likeness (QED) is 0.922. The van der Waals surface area contributed by atoms with E-state index in [0.717, 1.165) is 36.1 Å². The SMILES string of the molecule is Cc1ccc(NC(=O)CN(C)C(=O)c2csc3c2CCCC3)cc1. The second kappa shape index (κ2) is 7.18. The molecule has 0 aliphatic heterocycles. The third-order valence-electron chi connectivity index (χ3n) is 4.35. The Morgan fingerprint density at radius 2 is 1.88 bits per heavy atom. The van der Waals surface area contributed by atoms with E-state index in [1.54, 1.807) is 18.4 Å². The standard InChI is InChI=1S/C19H22N2O2S/c1-13-7-9-14(10-8-13)20-18(22)11-21(2)19(23)16-12-24-17-6-4-3-5-15(16)17/h7-10,12H,3-6,11H2,1-2H3,(H,20,22). The number of likely N-dealkylation sites (N-methyl/N-ethyl adjacent to an activating group) is 1. The molecule has 126 valence electrons. The van der Waals surface area contributed by atoms with Gasteiger partial charge in [0.15, 0.2) is 0 Å². The first kappa shape index (κ1) is 16.7. The first-order valence-corrected chi connectivity index (χ1v) is 9.14. The van der Waals surface area contributed by atoms with Crippen LogP contribution in [-0.4, -0.2) is 30.3 Å². The monoisotopic (exact) mass is 342 g/mol. The number of nitrogens with zero attached hydrogens (tertiary/aromatic N) is 1. The zero-order chi connectivity index (χ0) is 17.1. The molecule has 0 radical (unpaired) electrons. The Labute approximate surface area is 146 Å². The lowest BCUT2D eigenvalue weighted by Crippen LogP contribution is -2.35. The molecule has 24 heavy (non-hydrogen) atoms. The summed E-state index contributed by atoms with van der Waals surface area (Å²) in [6, 6.07) is 7.62. The highest BCUT2D eigenvalue weighted by Crippen LogP contribution is 2.30. The largest absolute Gasteiger partial charge is 0.332 e. The second-order valence-electron chi connectivity index (χ2n) is 6.33. The first-order valence-electron chi connectivity index (χ1n) is 8.26. The number of hydrogen-bond donors (Lipinski definition) is 1. The topological polar surface area (TPSA) is 49.4 Å². The van der Waals surface area contributed by atoms with Gasteiger partial charge in [-0.25, -0.2) is 0 Å². The molecule has 0 saturated carbocycles. The van der Waals surface area contributed by atoms with Crippen LogP contribution in [0.15, 0.2) is 29.6 Å². The van der Waals surface area contributed by atoms with E-state index in [0.29, 0.717) is 0 Å². The number of aryl methyl sites for hydroxylation is 2. The van der Waals surface area contributed by atoms with Crippen LogP contribution in [-0.2, 0) is 17.6 Å². The summed E-state index contributed by atoms with van der Waals surface area (Å²) in [6.07, 6.45) is 4.39. The molecular weight excluding hydrogens is 320 g/mol. The molecule has 0 atom stereocenters. The number of carbonyl (C=O) groups excluding carboxylic acids is 2. The summed E-state index contributed by atoms with van der Waals surface area (Å²) in [6.45, 7) is 2.05. The Morgan fingerprint density at radius 3 is 2.62 bits per heavy atom. The van der Waals surface area contributed by atoms with E-state index < -0.39 is 0 Å². The van der Waals surface area contributed by atoms with E-state index in [2.05, 4.69) is 5.32 Å². The van der Waals surface area contributed by atoms with E-state index in [1.165, 1.54) is 21.8 Å². The molecule has 5 heteroatoms. The van der Waals surface area contributed by atoms with Crippen LogP contribution in [0, 0.1) is 6.92 Å². The molecule has 0 spiro atoms. The second-order valence-corrected chi connectivity index (χ2v) is 7.30. The molecule has 4 nitrogen and oxygen atoms in total. The number of fused-ring (bicyclic) bond motifs is 1. The lowest BCUT2D eigenvalue weighted by Gasteiger charge is -2.18. The Kier molecular flexibility index (Phi) is 5.00. The molecule has 1 heterocycles. The van der Waals surface area contributed by atoms with E-state index >= 15 is 0 Å². The van der Waals surface area contributed by atoms with E-state index in [-0.39, 0.29) is 18.4 Å². The van der Waals surface area contributed by atoms with Crippen molar-refractivity contribution >= 4 is 28.8 Å². The van der Waals surface area contributed by atoms with Crippen molar-refractivity contribution in [2.45, 2.75) is 32.6 Å². The van der Waals surface area contributed by atoms with Gasteiger partial charge in [0, 0.05) is 23.0 Å². The summed E-state index contributed by atoms with van der Waals surface area (Å²) < 4.78 is 0. The van der Waals surface area contributed by atoms with Crippen molar-refractivity contribution in [2.24, 2.45) is 0 Å². The van der Waals surface area contributed by atoms with Crippen LogP contribution in [0.25, 0.3) is 0 Å². The highest BCUT2D eigenvalue weighted by Gasteiger charge is 2.23. The Hall–Kier alpha value is -2.14. The summed E-state index contributed by atoms with van der Waals surface area (Å²) in [4.78, 5) is 27.7. The summed E-state index contributed by atoms with van der Waals surface area (Å²) in [7, 11) is 1.68. The van der Waals surface area contributed by atoms with Gasteiger partial charge in [-0.3, -0.25) is 9.59 Å². The van der Waals surface area contributed by atoms with Gasteiger partial charge in [0.2, 0.25) is 5.91 Å². The van der Waals surface area contributed by atoms with Crippen LogP contribution in [0.3, 0.4) is 0 Å². The minimum Gasteiger partial charge on any atom is -0.332 e. The summed E-state index contributed by atoms with van der Waals surface area (Å²) in [5.74, 6) is -0.243. The fraction of sp³-hybridized carbons (Fsp3) is 0.368. The first-order chi connectivity index (χ1) is 11.5. The third kappa shape index (κ3) is 3.67. The Morgan fingerprint density at radius 1 is 1.17 bits per heavy atom. The van der Waals surface area contributed by atoms with Crippen LogP contribution in [0.4, 0.5) is 5.69 Å². The normalized spacial score (nSPS) is 13.2. The molecule has 0 fully saturated rings. The van der Waals surface area contributed by atoms with Crippen LogP contribution < -0.4 is 5.32 Å². The van der Waals surface area contributed by atoms with Crippen LogP contribution >= 0.6 is 11.3 Å². The van der Waals surface area contributed by atoms with Gasteiger partial charge >= 0.3 is 0 Å². The number of amides is 2. The highest BCUT2D eigenvalue weighted by atomic mass is 32.1. The number of nitrogens with one attached hydrogen (secondary N) is 1. The van der Waals surface area contributed by atoms with Gasteiger partial charge in [0.05, 0.1) is 12.1 Å². The molecule has 1 aliphatic carbocycles. The molecule has 0 bridgehead atoms.